The van der Waals surface area contributed by atoms with Gasteiger partial charge in [-0.15, -0.1) is 0 Å². The molecule has 0 radical (unpaired) electrons. The van der Waals surface area contributed by atoms with Gasteiger partial charge in [0.25, 0.3) is 0 Å². The summed E-state index contributed by atoms with van der Waals surface area (Å²) in [4.78, 5) is 27.1. The van der Waals surface area contributed by atoms with Gasteiger partial charge in [-0.25, -0.2) is 24.9 Å². The standard InChI is InChI=1S/C72H44N6/c73-45-62-65(58-39-37-56-60(46-21-7-1-8-22-46)43-63(48-25-11-3-12-26-48)74-68(56)70(58)76-66(62)50-29-15-5-16-30-50)54-35-19-33-52(41-54)53-34-20-36-55(42-53)67-59-40-38-57-61(47-23-9-2-10-24-47)44-64(49-27-13-4-14-28-49)75-69(57)71(59)78-72(77-67)51-31-17-6-18-32-51/h1-44H. The molecular formula is C72H44N6. The second kappa shape index (κ2) is 19.5. The van der Waals surface area contributed by atoms with Gasteiger partial charge in [-0.05, 0) is 69.3 Å². The predicted molar refractivity (Wildman–Crippen MR) is 319 cm³/mol. The highest BCUT2D eigenvalue weighted by Gasteiger charge is 2.23. The highest BCUT2D eigenvalue weighted by Crippen LogP contribution is 2.44. The Bertz CT molecular complexity index is 4640. The van der Waals surface area contributed by atoms with Crippen LogP contribution in [0.15, 0.2) is 267 Å². The van der Waals surface area contributed by atoms with E-state index in [2.05, 4.69) is 188 Å². The van der Waals surface area contributed by atoms with Crippen molar-refractivity contribution in [3.05, 3.63) is 272 Å². The summed E-state index contributed by atoms with van der Waals surface area (Å²) < 4.78 is 0. The lowest BCUT2D eigenvalue weighted by molar-refractivity contribution is 1.23. The molecule has 6 nitrogen and oxygen atoms in total. The Hall–Kier alpha value is -10.7. The van der Waals surface area contributed by atoms with Gasteiger partial charge in [0.05, 0.1) is 44.9 Å². The minimum absolute atomic E-state index is 0.494. The van der Waals surface area contributed by atoms with E-state index in [9.17, 15) is 5.26 Å². The van der Waals surface area contributed by atoms with Crippen LogP contribution >= 0.6 is 0 Å². The molecule has 0 fully saturated rings. The molecule has 0 spiro atoms. The molecule has 0 saturated carbocycles. The molecule has 14 rings (SSSR count). The lowest BCUT2D eigenvalue weighted by atomic mass is 9.89. The number of benzene rings is 10. The fraction of sp³-hybridized carbons (Fsp3) is 0. The number of fused-ring (bicyclic) bond motifs is 6. The molecule has 4 heterocycles. The zero-order chi connectivity index (χ0) is 51.9. The highest BCUT2D eigenvalue weighted by atomic mass is 14.9. The van der Waals surface area contributed by atoms with Crippen LogP contribution in [0.1, 0.15) is 5.56 Å². The Morgan fingerprint density at radius 3 is 1.15 bits per heavy atom. The summed E-state index contributed by atoms with van der Waals surface area (Å²) in [7, 11) is 0. The fourth-order valence-corrected chi connectivity index (χ4v) is 11.0. The third-order valence-corrected chi connectivity index (χ3v) is 14.7. The Balaban J connectivity index is 0.971. The van der Waals surface area contributed by atoms with Crippen LogP contribution < -0.4 is 0 Å². The summed E-state index contributed by atoms with van der Waals surface area (Å²) in [6.07, 6.45) is 0. The van der Waals surface area contributed by atoms with Crippen molar-refractivity contribution in [1.29, 1.82) is 5.26 Å². The van der Waals surface area contributed by atoms with Gasteiger partial charge in [0.1, 0.15) is 11.6 Å². The number of nitriles is 1. The van der Waals surface area contributed by atoms with Crippen molar-refractivity contribution in [1.82, 2.24) is 24.9 Å². The van der Waals surface area contributed by atoms with Gasteiger partial charge in [0.15, 0.2) is 5.82 Å². The summed E-state index contributed by atoms with van der Waals surface area (Å²) >= 11 is 0. The summed E-state index contributed by atoms with van der Waals surface area (Å²) in [6.45, 7) is 0. The van der Waals surface area contributed by atoms with Gasteiger partial charge in [-0.3, -0.25) is 0 Å². The predicted octanol–water partition coefficient (Wildman–Crippen LogP) is 18.1. The molecule has 0 saturated heterocycles. The zero-order valence-electron chi connectivity index (χ0n) is 42.1. The second-order valence-corrected chi connectivity index (χ2v) is 19.4. The van der Waals surface area contributed by atoms with E-state index in [1.54, 1.807) is 0 Å². The Morgan fingerprint density at radius 1 is 0.256 bits per heavy atom. The van der Waals surface area contributed by atoms with E-state index >= 15 is 0 Å². The van der Waals surface area contributed by atoms with E-state index in [1.807, 2.05) is 84.9 Å². The molecule has 6 heteroatoms. The molecule has 0 aliphatic carbocycles. The van der Waals surface area contributed by atoms with Crippen LogP contribution in [0, 0.1) is 11.3 Å². The maximum Gasteiger partial charge on any atom is 0.160 e. The smallest absolute Gasteiger partial charge is 0.160 e. The van der Waals surface area contributed by atoms with Crippen molar-refractivity contribution >= 4 is 43.6 Å². The molecular weight excluding hydrogens is 949 g/mol. The van der Waals surface area contributed by atoms with Crippen LogP contribution in [-0.4, -0.2) is 24.9 Å². The van der Waals surface area contributed by atoms with Crippen LogP contribution in [0.2, 0.25) is 0 Å². The molecule has 0 aliphatic rings. The van der Waals surface area contributed by atoms with E-state index < -0.39 is 0 Å². The molecule has 0 aliphatic heterocycles. The summed E-state index contributed by atoms with van der Waals surface area (Å²) in [5.41, 5.74) is 19.4. The minimum atomic E-state index is 0.494. The van der Waals surface area contributed by atoms with Crippen LogP contribution in [0.5, 0.6) is 0 Å². The maximum absolute atomic E-state index is 11.3. The average Bonchev–Trinajstić information content (AvgIpc) is 3.65. The van der Waals surface area contributed by atoms with Crippen LogP contribution in [0.25, 0.3) is 145 Å². The molecule has 14 aromatic rings. The third kappa shape index (κ3) is 8.20. The van der Waals surface area contributed by atoms with Crippen LogP contribution in [0.4, 0.5) is 0 Å². The molecule has 78 heavy (non-hydrogen) atoms. The first-order valence-corrected chi connectivity index (χ1v) is 26.0. The van der Waals surface area contributed by atoms with E-state index in [4.69, 9.17) is 24.9 Å². The molecule has 0 atom stereocenters. The number of aromatic nitrogens is 5. The van der Waals surface area contributed by atoms with Gasteiger partial charge in [-0.2, -0.15) is 5.26 Å². The normalized spacial score (nSPS) is 11.3. The van der Waals surface area contributed by atoms with Gasteiger partial charge < -0.3 is 0 Å². The SMILES string of the molecule is N#Cc1c(-c2ccccc2)nc2c(ccc3c(-c4ccccc4)cc(-c4ccccc4)nc32)c1-c1cccc(-c2cccc(-c3nc(-c4ccccc4)nc4c3ccc3c(-c5ccccc5)cc(-c5ccccc5)nc34)c2)c1. The zero-order valence-corrected chi connectivity index (χ0v) is 42.1. The topological polar surface area (TPSA) is 88.2 Å². The maximum atomic E-state index is 11.3. The van der Waals surface area contributed by atoms with Crippen LogP contribution in [0.3, 0.4) is 0 Å². The monoisotopic (exact) mass is 992 g/mol. The number of pyridine rings is 3. The van der Waals surface area contributed by atoms with Gasteiger partial charge in [0.2, 0.25) is 0 Å². The largest absolute Gasteiger partial charge is 0.245 e. The van der Waals surface area contributed by atoms with E-state index in [0.717, 1.165) is 133 Å². The van der Waals surface area contributed by atoms with Crippen molar-refractivity contribution in [3.8, 4) is 107 Å². The van der Waals surface area contributed by atoms with Crippen LogP contribution in [-0.2, 0) is 0 Å². The second-order valence-electron chi connectivity index (χ2n) is 19.4. The lowest BCUT2D eigenvalue weighted by Gasteiger charge is -2.17. The van der Waals surface area contributed by atoms with Crippen molar-refractivity contribution in [2.24, 2.45) is 0 Å². The number of nitrogens with zero attached hydrogens (tertiary/aromatic N) is 6. The molecule has 4 aromatic heterocycles. The van der Waals surface area contributed by atoms with Gasteiger partial charge in [-0.1, -0.05) is 237 Å². The first kappa shape index (κ1) is 45.8. The molecule has 0 unspecified atom stereocenters. The summed E-state index contributed by atoms with van der Waals surface area (Å²) in [6, 6.07) is 94.4. The van der Waals surface area contributed by atoms with Crippen molar-refractivity contribution in [2.75, 3.05) is 0 Å². The Morgan fingerprint density at radius 2 is 0.641 bits per heavy atom. The number of hydrogen-bond acceptors (Lipinski definition) is 6. The minimum Gasteiger partial charge on any atom is -0.245 e. The molecule has 362 valence electrons. The van der Waals surface area contributed by atoms with Crippen molar-refractivity contribution in [2.45, 2.75) is 0 Å². The Kier molecular flexibility index (Phi) is 11.5. The summed E-state index contributed by atoms with van der Waals surface area (Å²) in [5.74, 6) is 0.614. The molecule has 10 aromatic carbocycles. The fourth-order valence-electron chi connectivity index (χ4n) is 11.0. The van der Waals surface area contributed by atoms with Gasteiger partial charge >= 0.3 is 0 Å². The molecule has 0 amide bonds. The first-order valence-electron chi connectivity index (χ1n) is 26.0. The lowest BCUT2D eigenvalue weighted by Crippen LogP contribution is -1.99. The number of hydrogen-bond donors (Lipinski definition) is 0. The van der Waals surface area contributed by atoms with Crippen molar-refractivity contribution < 1.29 is 0 Å². The first-order chi connectivity index (χ1) is 38.6. The average molecular weight is 993 g/mol. The van der Waals surface area contributed by atoms with E-state index in [-0.39, 0.29) is 0 Å². The van der Waals surface area contributed by atoms with E-state index in [0.29, 0.717) is 17.1 Å². The molecule has 0 N–H and O–H groups in total. The van der Waals surface area contributed by atoms with Gasteiger partial charge in [0, 0.05) is 54.9 Å². The Labute approximate surface area is 451 Å². The third-order valence-electron chi connectivity index (χ3n) is 14.7. The number of rotatable bonds is 9. The highest BCUT2D eigenvalue weighted by molar-refractivity contribution is 6.15. The van der Waals surface area contributed by atoms with E-state index in [1.165, 1.54) is 0 Å². The summed E-state index contributed by atoms with van der Waals surface area (Å²) in [5, 5.41) is 15.0. The molecule has 0 bridgehead atoms. The quantitative estimate of drug-likeness (QED) is 0.134. The van der Waals surface area contributed by atoms with Crippen molar-refractivity contribution in [3.63, 3.8) is 0 Å².